The molecule has 1 aliphatic heterocycles. The number of hydrogen-bond acceptors (Lipinski definition) is 6. The van der Waals surface area contributed by atoms with Gasteiger partial charge in [0.1, 0.15) is 6.10 Å². The summed E-state index contributed by atoms with van der Waals surface area (Å²) in [4.78, 5) is 35.7. The molecule has 0 N–H and O–H groups in total. The lowest BCUT2D eigenvalue weighted by Crippen LogP contribution is -2.37. The van der Waals surface area contributed by atoms with Crippen molar-refractivity contribution in [3.63, 3.8) is 0 Å². The second-order valence-electron chi connectivity index (χ2n) is 8.09. The number of rotatable bonds is 6. The summed E-state index contributed by atoms with van der Waals surface area (Å²) in [6.07, 6.45) is -0.723. The third kappa shape index (κ3) is 4.04. The molecule has 2 heterocycles. The Morgan fingerprint density at radius 3 is 2.46 bits per heavy atom. The Bertz CT molecular complexity index is 1430. The molecule has 0 bridgehead atoms. The van der Waals surface area contributed by atoms with Crippen LogP contribution >= 0.6 is 11.3 Å². The van der Waals surface area contributed by atoms with Crippen LogP contribution in [0.1, 0.15) is 23.3 Å². The molecule has 1 fully saturated rings. The van der Waals surface area contributed by atoms with Crippen molar-refractivity contribution in [2.24, 2.45) is 5.92 Å². The number of benzene rings is 3. The number of fused-ring (bicyclic) bond motifs is 1. The molecule has 0 unspecified atom stereocenters. The molecule has 0 amide bonds. The first-order valence-electron chi connectivity index (χ1n) is 11.0. The minimum absolute atomic E-state index is 0.623. The molecule has 7 nitrogen and oxygen atoms in total. The molecule has 1 saturated heterocycles. The van der Waals surface area contributed by atoms with Crippen LogP contribution in [0.2, 0.25) is 0 Å². The quantitative estimate of drug-likeness (QED) is 0.124. The smallest absolute Gasteiger partial charge is 0.441 e. The maximum absolute atomic E-state index is 13.9. The summed E-state index contributed by atoms with van der Waals surface area (Å²) < 4.78 is 4.73. The van der Waals surface area contributed by atoms with Crippen molar-refractivity contribution < 1.29 is 24.0 Å². The van der Waals surface area contributed by atoms with Gasteiger partial charge in [0.25, 0.3) is 5.78 Å². The molecule has 174 valence electrons. The molecule has 0 radical (unpaired) electrons. The second kappa shape index (κ2) is 9.64. The number of thiophene rings is 1. The fourth-order valence-electron chi connectivity index (χ4n) is 4.62. The summed E-state index contributed by atoms with van der Waals surface area (Å²) in [6, 6.07) is 24.5. The Balaban J connectivity index is 1.75. The summed E-state index contributed by atoms with van der Waals surface area (Å²) in [5, 5.41) is 7.49. The van der Waals surface area contributed by atoms with Crippen molar-refractivity contribution >= 4 is 45.3 Å². The largest absolute Gasteiger partial charge is 0.460 e. The van der Waals surface area contributed by atoms with E-state index in [0.717, 1.165) is 34.7 Å². The monoisotopic (exact) mass is 483 g/mol. The highest BCUT2D eigenvalue weighted by Crippen LogP contribution is 2.50. The molecule has 3 atom stereocenters. The van der Waals surface area contributed by atoms with Gasteiger partial charge in [0.2, 0.25) is 0 Å². The number of para-hydroxylation sites is 1. The van der Waals surface area contributed by atoms with Crippen molar-refractivity contribution in [3.05, 3.63) is 106 Å². The van der Waals surface area contributed by atoms with Crippen molar-refractivity contribution in [2.45, 2.75) is 12.1 Å². The van der Waals surface area contributed by atoms with Crippen LogP contribution in [0, 0.1) is 5.92 Å². The van der Waals surface area contributed by atoms with Crippen LogP contribution in [0.3, 0.4) is 0 Å². The number of ketones is 1. The van der Waals surface area contributed by atoms with Gasteiger partial charge in [0.15, 0.2) is 0 Å². The van der Waals surface area contributed by atoms with Gasteiger partial charge in [-0.15, -0.1) is 0 Å². The summed E-state index contributed by atoms with van der Waals surface area (Å²) in [5.74, 6) is -2.57. The first kappa shape index (κ1) is 22.7. The molecular formula is C27H21N3O4S. The maximum Gasteiger partial charge on any atom is 0.441 e. The average molecular weight is 484 g/mol. The standard InChI is InChI=1S/C27H21N3O4S/c1-33-27(32)23(29-28)25(31)22-24(21-13-7-9-17-8-5-6-12-20(17)21)30(19-10-3-2-4-11-19)34-26(22)18-14-15-35-16-18/h2-16,22,24,26H,1H3/t22-,24+,26-/m1/s1. The zero-order valence-electron chi connectivity index (χ0n) is 18.8. The Hall–Kier alpha value is -4.10. The summed E-state index contributed by atoms with van der Waals surface area (Å²) in [7, 11) is 1.14. The van der Waals surface area contributed by atoms with E-state index < -0.39 is 35.5 Å². The topological polar surface area (TPSA) is 92.2 Å². The van der Waals surface area contributed by atoms with Crippen LogP contribution in [0.4, 0.5) is 5.69 Å². The van der Waals surface area contributed by atoms with E-state index in [9.17, 15) is 15.1 Å². The minimum atomic E-state index is -1.00. The van der Waals surface area contributed by atoms with Gasteiger partial charge in [-0.05, 0) is 50.9 Å². The van der Waals surface area contributed by atoms with E-state index in [0.29, 0.717) is 0 Å². The van der Waals surface area contributed by atoms with Gasteiger partial charge in [0, 0.05) is 0 Å². The number of esters is 1. The maximum atomic E-state index is 13.9. The van der Waals surface area contributed by atoms with E-state index in [-0.39, 0.29) is 0 Å². The van der Waals surface area contributed by atoms with E-state index in [1.54, 1.807) is 5.06 Å². The highest BCUT2D eigenvalue weighted by atomic mass is 32.1. The summed E-state index contributed by atoms with van der Waals surface area (Å²) in [6.45, 7) is 0. The number of Topliss-reactive ketones (excluding diaryl/α,β-unsaturated/α-hetero) is 1. The fraction of sp³-hybridized carbons (Fsp3) is 0.148. The van der Waals surface area contributed by atoms with Gasteiger partial charge < -0.3 is 10.3 Å². The summed E-state index contributed by atoms with van der Waals surface area (Å²) >= 11 is 1.48. The number of carbonyl (C=O) groups is 2. The van der Waals surface area contributed by atoms with Crippen LogP contribution in [0.15, 0.2) is 89.6 Å². The molecule has 0 saturated carbocycles. The van der Waals surface area contributed by atoms with Crippen LogP contribution in [0.25, 0.3) is 16.3 Å². The normalized spacial score (nSPS) is 19.3. The van der Waals surface area contributed by atoms with E-state index in [2.05, 4.69) is 4.79 Å². The van der Waals surface area contributed by atoms with Crippen LogP contribution in [-0.2, 0) is 19.2 Å². The number of carbonyl (C=O) groups excluding carboxylic acids is 2. The van der Waals surface area contributed by atoms with Gasteiger partial charge in [-0.1, -0.05) is 60.7 Å². The predicted octanol–water partition coefficient (Wildman–Crippen LogP) is 5.16. The molecule has 8 heteroatoms. The SMILES string of the molecule is COC(=O)C(=[N+]=[N-])C(=O)[C@@H]1[C@@H](c2ccsc2)ON(c2ccccc2)[C@H]1c1cccc2ccccc12. The molecule has 4 aromatic rings. The third-order valence-corrected chi connectivity index (χ3v) is 6.89. The lowest BCUT2D eigenvalue weighted by Gasteiger charge is -2.27. The predicted molar refractivity (Wildman–Crippen MR) is 133 cm³/mol. The van der Waals surface area contributed by atoms with E-state index in [1.165, 1.54) is 11.3 Å². The molecular weight excluding hydrogens is 462 g/mol. The van der Waals surface area contributed by atoms with Crippen molar-refractivity contribution in [2.75, 3.05) is 12.2 Å². The zero-order valence-corrected chi connectivity index (χ0v) is 19.6. The number of hydroxylamine groups is 1. The molecule has 1 aromatic heterocycles. The van der Waals surface area contributed by atoms with E-state index in [1.807, 2.05) is 89.6 Å². The first-order valence-corrected chi connectivity index (χ1v) is 11.9. The van der Waals surface area contributed by atoms with Gasteiger partial charge in [-0.25, -0.2) is 9.86 Å². The molecule has 0 aliphatic carbocycles. The van der Waals surface area contributed by atoms with Crippen LogP contribution in [-0.4, -0.2) is 29.4 Å². The van der Waals surface area contributed by atoms with Gasteiger partial charge in [0.05, 0.1) is 24.8 Å². The van der Waals surface area contributed by atoms with Crippen LogP contribution in [0.5, 0.6) is 0 Å². The second-order valence-corrected chi connectivity index (χ2v) is 8.87. The van der Waals surface area contributed by atoms with E-state index >= 15 is 0 Å². The lowest BCUT2D eigenvalue weighted by atomic mass is 9.81. The van der Waals surface area contributed by atoms with Crippen molar-refractivity contribution in [1.82, 2.24) is 0 Å². The van der Waals surface area contributed by atoms with E-state index in [4.69, 9.17) is 9.57 Å². The fourth-order valence-corrected chi connectivity index (χ4v) is 5.30. The van der Waals surface area contributed by atoms with Gasteiger partial charge in [-0.2, -0.15) is 16.1 Å². The Morgan fingerprint density at radius 1 is 1.00 bits per heavy atom. The molecule has 0 spiro atoms. The number of ether oxygens (including phenoxy) is 1. The van der Waals surface area contributed by atoms with Crippen molar-refractivity contribution in [1.29, 1.82) is 0 Å². The Labute approximate surface area is 205 Å². The lowest BCUT2D eigenvalue weighted by molar-refractivity contribution is -0.140. The molecule has 1 aliphatic rings. The third-order valence-electron chi connectivity index (χ3n) is 6.19. The number of nitrogens with zero attached hydrogens (tertiary/aromatic N) is 3. The Morgan fingerprint density at radius 2 is 1.74 bits per heavy atom. The molecule has 35 heavy (non-hydrogen) atoms. The zero-order chi connectivity index (χ0) is 24.4. The number of methoxy groups -OCH3 is 1. The number of hydrogen-bond donors (Lipinski definition) is 0. The average Bonchev–Trinajstić information content (AvgIpc) is 3.57. The first-order chi connectivity index (χ1) is 17.1. The molecule has 3 aromatic carbocycles. The Kier molecular flexibility index (Phi) is 6.25. The summed E-state index contributed by atoms with van der Waals surface area (Å²) in [5.41, 5.74) is 11.3. The van der Waals surface area contributed by atoms with Gasteiger partial charge >= 0.3 is 11.7 Å². The molecule has 5 rings (SSSR count). The number of anilines is 1. The highest BCUT2D eigenvalue weighted by Gasteiger charge is 2.54. The van der Waals surface area contributed by atoms with Gasteiger partial charge in [-0.3, -0.25) is 9.63 Å². The highest BCUT2D eigenvalue weighted by molar-refractivity contribution is 7.08. The minimum Gasteiger partial charge on any atom is -0.460 e. The van der Waals surface area contributed by atoms with Crippen molar-refractivity contribution in [3.8, 4) is 0 Å². The van der Waals surface area contributed by atoms with Crippen LogP contribution < -0.4 is 5.06 Å².